The summed E-state index contributed by atoms with van der Waals surface area (Å²) in [5.74, 6) is 0.983. The number of hydrogen-bond acceptors (Lipinski definition) is 6. The topological polar surface area (TPSA) is 62.2 Å². The summed E-state index contributed by atoms with van der Waals surface area (Å²) in [6, 6.07) is 13.6. The fraction of sp³-hybridized carbons (Fsp3) is 0.435. The number of aliphatic hydroxyl groups excluding tert-OH is 1. The van der Waals surface area contributed by atoms with Crippen LogP contribution in [-0.4, -0.2) is 68.3 Å². The lowest BCUT2D eigenvalue weighted by atomic mass is 10.1. The molecule has 1 aliphatic heterocycles. The van der Waals surface area contributed by atoms with Crippen LogP contribution in [0.3, 0.4) is 0 Å². The molecule has 0 radical (unpaired) electrons. The van der Waals surface area contributed by atoms with Gasteiger partial charge in [-0.25, -0.2) is 0 Å². The van der Waals surface area contributed by atoms with E-state index < -0.39 is 6.10 Å². The van der Waals surface area contributed by atoms with Crippen molar-refractivity contribution < 1.29 is 19.4 Å². The van der Waals surface area contributed by atoms with Crippen molar-refractivity contribution in [3.8, 4) is 11.5 Å². The number of carbonyl (C=O) groups is 1. The van der Waals surface area contributed by atoms with Crippen LogP contribution in [-0.2, 0) is 0 Å². The van der Waals surface area contributed by atoms with Crippen molar-refractivity contribution in [2.45, 2.75) is 20.0 Å². The summed E-state index contributed by atoms with van der Waals surface area (Å²) in [6.07, 6.45) is -0.623. The molecule has 1 aliphatic rings. The molecule has 1 fully saturated rings. The van der Waals surface area contributed by atoms with Gasteiger partial charge in [0.25, 0.3) is 0 Å². The maximum absolute atomic E-state index is 11.9. The summed E-state index contributed by atoms with van der Waals surface area (Å²) in [5.41, 5.74) is 3.03. The highest BCUT2D eigenvalue weighted by Gasteiger charge is 2.21. The largest absolute Gasteiger partial charge is 0.497 e. The molecule has 1 atom stereocenters. The summed E-state index contributed by atoms with van der Waals surface area (Å²) >= 11 is 0. The quantitative estimate of drug-likeness (QED) is 0.690. The summed E-state index contributed by atoms with van der Waals surface area (Å²) in [5, 5.41) is 10.4. The van der Waals surface area contributed by atoms with Gasteiger partial charge < -0.3 is 19.5 Å². The first-order chi connectivity index (χ1) is 14.0. The molecule has 3 rings (SSSR count). The molecule has 1 heterocycles. The normalized spacial score (nSPS) is 15.8. The number of aliphatic hydroxyl groups is 1. The monoisotopic (exact) mass is 398 g/mol. The van der Waals surface area contributed by atoms with E-state index in [1.807, 2.05) is 0 Å². The molecule has 6 heteroatoms. The molecule has 2 aromatic rings. The highest BCUT2D eigenvalue weighted by atomic mass is 16.5. The lowest BCUT2D eigenvalue weighted by Gasteiger charge is -2.37. The molecule has 0 bridgehead atoms. The average Bonchev–Trinajstić information content (AvgIpc) is 2.73. The smallest absolute Gasteiger partial charge is 0.163 e. The maximum Gasteiger partial charge on any atom is 0.163 e. The summed E-state index contributed by atoms with van der Waals surface area (Å²) < 4.78 is 10.9. The molecular weight excluding hydrogens is 368 g/mol. The Labute approximate surface area is 172 Å². The standard InChI is InChI=1S/C23H30N2O4/c1-17-6-4-5-7-22(17)25-12-10-24(11-13-25)15-19(27)16-29-23-9-8-20(28-3)14-21(23)18(2)26/h4-9,14,19,27H,10-13,15-16H2,1-3H3/t19-/m1/s1. The first-order valence-electron chi connectivity index (χ1n) is 10.0. The van der Waals surface area contributed by atoms with Gasteiger partial charge in [-0.2, -0.15) is 0 Å². The van der Waals surface area contributed by atoms with Crippen molar-refractivity contribution in [1.82, 2.24) is 4.90 Å². The fourth-order valence-corrected chi connectivity index (χ4v) is 3.66. The van der Waals surface area contributed by atoms with Crippen LogP contribution in [0.1, 0.15) is 22.8 Å². The number of methoxy groups -OCH3 is 1. The predicted molar refractivity (Wildman–Crippen MR) is 114 cm³/mol. The van der Waals surface area contributed by atoms with Crippen molar-refractivity contribution >= 4 is 11.5 Å². The van der Waals surface area contributed by atoms with Crippen molar-refractivity contribution in [3.05, 3.63) is 53.6 Å². The van der Waals surface area contributed by atoms with E-state index in [0.717, 1.165) is 26.2 Å². The third-order valence-electron chi connectivity index (χ3n) is 5.29. The molecule has 1 saturated heterocycles. The number of Topliss-reactive ketones (excluding diaryl/α,β-unsaturated/α-hetero) is 1. The second kappa shape index (κ2) is 9.76. The summed E-state index contributed by atoms with van der Waals surface area (Å²) in [6.45, 7) is 7.98. The van der Waals surface area contributed by atoms with Gasteiger partial charge in [0.1, 0.15) is 24.2 Å². The number of β-amino-alcohol motifs (C(OH)–C–C–N with tert-alkyl or cyclic N) is 1. The number of benzene rings is 2. The Bertz CT molecular complexity index is 831. The fourth-order valence-electron chi connectivity index (χ4n) is 3.66. The van der Waals surface area contributed by atoms with E-state index >= 15 is 0 Å². The molecule has 6 nitrogen and oxygen atoms in total. The molecule has 0 aromatic heterocycles. The highest BCUT2D eigenvalue weighted by molar-refractivity contribution is 5.97. The van der Waals surface area contributed by atoms with Crippen molar-refractivity contribution in [3.63, 3.8) is 0 Å². The number of hydrogen-bond donors (Lipinski definition) is 1. The van der Waals surface area contributed by atoms with Gasteiger partial charge in [0.2, 0.25) is 0 Å². The van der Waals surface area contributed by atoms with Crippen molar-refractivity contribution in [2.75, 3.05) is 51.3 Å². The molecule has 29 heavy (non-hydrogen) atoms. The minimum atomic E-state index is -0.623. The van der Waals surface area contributed by atoms with Crippen LogP contribution in [0.15, 0.2) is 42.5 Å². The lowest BCUT2D eigenvalue weighted by Crippen LogP contribution is -2.49. The van der Waals surface area contributed by atoms with E-state index in [2.05, 4.69) is 41.0 Å². The zero-order chi connectivity index (χ0) is 20.8. The molecule has 0 spiro atoms. The minimum Gasteiger partial charge on any atom is -0.497 e. The van der Waals surface area contributed by atoms with Gasteiger partial charge in [0, 0.05) is 38.4 Å². The van der Waals surface area contributed by atoms with Crippen LogP contribution >= 0.6 is 0 Å². The molecule has 156 valence electrons. The lowest BCUT2D eigenvalue weighted by molar-refractivity contribution is 0.0656. The second-order valence-corrected chi connectivity index (χ2v) is 7.46. The van der Waals surface area contributed by atoms with Gasteiger partial charge in [-0.1, -0.05) is 18.2 Å². The Hall–Kier alpha value is -2.57. The first kappa shape index (κ1) is 21.1. The van der Waals surface area contributed by atoms with E-state index in [9.17, 15) is 9.90 Å². The van der Waals surface area contributed by atoms with Crippen LogP contribution in [0.4, 0.5) is 5.69 Å². The van der Waals surface area contributed by atoms with Gasteiger partial charge in [-0.3, -0.25) is 9.69 Å². The van der Waals surface area contributed by atoms with Gasteiger partial charge in [-0.15, -0.1) is 0 Å². The molecule has 0 amide bonds. The number of nitrogens with zero attached hydrogens (tertiary/aromatic N) is 2. The SMILES string of the molecule is COc1ccc(OC[C@H](O)CN2CCN(c3ccccc3C)CC2)c(C(C)=O)c1. The third kappa shape index (κ3) is 5.49. The van der Waals surface area contributed by atoms with Crippen LogP contribution in [0.2, 0.25) is 0 Å². The number of carbonyl (C=O) groups excluding carboxylic acids is 1. The number of anilines is 1. The summed E-state index contributed by atoms with van der Waals surface area (Å²) in [4.78, 5) is 16.5. The van der Waals surface area contributed by atoms with E-state index in [4.69, 9.17) is 9.47 Å². The van der Waals surface area contributed by atoms with Crippen LogP contribution in [0.25, 0.3) is 0 Å². The van der Waals surface area contributed by atoms with Crippen molar-refractivity contribution in [1.29, 1.82) is 0 Å². The first-order valence-corrected chi connectivity index (χ1v) is 10.0. The molecule has 0 aliphatic carbocycles. The molecule has 2 aromatic carbocycles. The van der Waals surface area contributed by atoms with E-state index in [-0.39, 0.29) is 12.4 Å². The van der Waals surface area contributed by atoms with E-state index in [1.54, 1.807) is 25.3 Å². The Kier molecular flexibility index (Phi) is 7.12. The average molecular weight is 399 g/mol. The maximum atomic E-state index is 11.9. The Morgan fingerprint density at radius 2 is 1.86 bits per heavy atom. The zero-order valence-corrected chi connectivity index (χ0v) is 17.4. The predicted octanol–water partition coefficient (Wildman–Crippen LogP) is 2.77. The number of ether oxygens (including phenoxy) is 2. The molecular formula is C23H30N2O4. The third-order valence-corrected chi connectivity index (χ3v) is 5.29. The van der Waals surface area contributed by atoms with Crippen LogP contribution in [0, 0.1) is 6.92 Å². The van der Waals surface area contributed by atoms with Gasteiger partial charge in [0.05, 0.1) is 12.7 Å². The Balaban J connectivity index is 1.49. The molecule has 0 unspecified atom stereocenters. The number of aryl methyl sites for hydroxylation is 1. The van der Waals surface area contributed by atoms with E-state index in [1.165, 1.54) is 18.2 Å². The number of piperazine rings is 1. The zero-order valence-electron chi connectivity index (χ0n) is 17.4. The number of rotatable bonds is 8. The highest BCUT2D eigenvalue weighted by Crippen LogP contribution is 2.25. The summed E-state index contributed by atoms with van der Waals surface area (Å²) in [7, 11) is 1.56. The number of ketones is 1. The second-order valence-electron chi connectivity index (χ2n) is 7.46. The van der Waals surface area contributed by atoms with E-state index in [0.29, 0.717) is 23.6 Å². The molecule has 1 N–H and O–H groups in total. The van der Waals surface area contributed by atoms with Crippen molar-refractivity contribution in [2.24, 2.45) is 0 Å². The minimum absolute atomic E-state index is 0.0966. The Morgan fingerprint density at radius 3 is 2.52 bits per heavy atom. The van der Waals surface area contributed by atoms with Crippen LogP contribution < -0.4 is 14.4 Å². The van der Waals surface area contributed by atoms with Gasteiger partial charge in [-0.05, 0) is 43.7 Å². The molecule has 0 saturated carbocycles. The van der Waals surface area contributed by atoms with Gasteiger partial charge in [0.15, 0.2) is 5.78 Å². The van der Waals surface area contributed by atoms with Crippen LogP contribution in [0.5, 0.6) is 11.5 Å². The van der Waals surface area contributed by atoms with Gasteiger partial charge >= 0.3 is 0 Å². The Morgan fingerprint density at radius 1 is 1.14 bits per heavy atom. The number of para-hydroxylation sites is 1.